The Morgan fingerprint density at radius 2 is 1.56 bits per heavy atom. The zero-order valence-corrected chi connectivity index (χ0v) is 21.2. The summed E-state index contributed by atoms with van der Waals surface area (Å²) in [5, 5.41) is 18.2. The second kappa shape index (κ2) is 9.96. The Balaban J connectivity index is 1.28. The summed E-state index contributed by atoms with van der Waals surface area (Å²) in [5.41, 5.74) is 1.23. The first-order valence-corrected chi connectivity index (χ1v) is 14.2. The number of carboxylic acid groups (broad SMARTS) is 1. The highest BCUT2D eigenvalue weighted by atomic mass is 16.4. The second-order valence-corrected chi connectivity index (χ2v) is 13.0. The summed E-state index contributed by atoms with van der Waals surface area (Å²) in [6.45, 7) is 7.91. The fraction of sp³-hybridized carbons (Fsp3) is 0.966. The maximum atomic E-state index is 10.7. The molecule has 0 saturated heterocycles. The lowest BCUT2D eigenvalue weighted by Gasteiger charge is -2.61. The minimum Gasteiger partial charge on any atom is -0.479 e. The third-order valence-electron chi connectivity index (χ3n) is 11.5. The van der Waals surface area contributed by atoms with Gasteiger partial charge in [0, 0.05) is 0 Å². The SMILES string of the molecule is C[C@H](CCCCCCC(O)C(=O)O)[C@H]1CC[C@H]2[C@@H]3CCC4CCCC[C@]4(C)[C@H]3CC[C@]12C. The van der Waals surface area contributed by atoms with E-state index < -0.39 is 12.1 Å². The standard InChI is InChI=1S/C29H50O3/c1-20(10-6-4-5-7-12-26(30)27(31)32)23-15-16-24-22-14-13-21-11-8-9-18-28(21,2)25(22)17-19-29(23,24)3/h20-26,30H,4-19H2,1-3H3,(H,31,32)/t20-,21?,22+,23-,24+,25+,26?,28+,29-/m1/s1. The van der Waals surface area contributed by atoms with E-state index in [-0.39, 0.29) is 0 Å². The number of carboxylic acids is 1. The van der Waals surface area contributed by atoms with Crippen LogP contribution in [0.3, 0.4) is 0 Å². The second-order valence-electron chi connectivity index (χ2n) is 13.0. The van der Waals surface area contributed by atoms with E-state index in [1.54, 1.807) is 0 Å². The summed E-state index contributed by atoms with van der Waals surface area (Å²) in [7, 11) is 0. The topological polar surface area (TPSA) is 57.5 Å². The molecular formula is C29H50O3. The average Bonchev–Trinajstić information content (AvgIpc) is 3.12. The lowest BCUT2D eigenvalue weighted by atomic mass is 9.44. The molecule has 2 N–H and O–H groups in total. The fourth-order valence-corrected chi connectivity index (χ4v) is 9.75. The van der Waals surface area contributed by atoms with Crippen molar-refractivity contribution in [3.63, 3.8) is 0 Å². The Hall–Kier alpha value is -0.570. The molecular weight excluding hydrogens is 396 g/mol. The van der Waals surface area contributed by atoms with Gasteiger partial charge < -0.3 is 10.2 Å². The Morgan fingerprint density at radius 1 is 0.844 bits per heavy atom. The largest absolute Gasteiger partial charge is 0.479 e. The molecule has 3 heteroatoms. The van der Waals surface area contributed by atoms with Crippen LogP contribution in [0.25, 0.3) is 0 Å². The predicted molar refractivity (Wildman–Crippen MR) is 130 cm³/mol. The number of hydrogen-bond acceptors (Lipinski definition) is 2. The summed E-state index contributed by atoms with van der Waals surface area (Å²) >= 11 is 0. The highest BCUT2D eigenvalue weighted by Gasteiger charge is 2.59. The van der Waals surface area contributed by atoms with E-state index in [2.05, 4.69) is 20.8 Å². The molecule has 0 aliphatic heterocycles. The molecule has 184 valence electrons. The van der Waals surface area contributed by atoms with Gasteiger partial charge in [-0.25, -0.2) is 4.79 Å². The number of rotatable bonds is 9. The van der Waals surface area contributed by atoms with Crippen LogP contribution in [0.4, 0.5) is 0 Å². The first-order valence-electron chi connectivity index (χ1n) is 14.2. The van der Waals surface area contributed by atoms with Crippen LogP contribution < -0.4 is 0 Å². The van der Waals surface area contributed by atoms with Crippen LogP contribution in [0.15, 0.2) is 0 Å². The van der Waals surface area contributed by atoms with Crippen molar-refractivity contribution in [3.8, 4) is 0 Å². The molecule has 9 atom stereocenters. The summed E-state index contributed by atoms with van der Waals surface area (Å²) in [6, 6.07) is 0. The summed E-state index contributed by atoms with van der Waals surface area (Å²) in [5.74, 6) is 4.65. The van der Waals surface area contributed by atoms with Gasteiger partial charge in [0.05, 0.1) is 0 Å². The van der Waals surface area contributed by atoms with E-state index in [1.807, 2.05) is 0 Å². The van der Waals surface area contributed by atoms with Crippen molar-refractivity contribution in [2.45, 2.75) is 130 Å². The average molecular weight is 447 g/mol. The Kier molecular flexibility index (Phi) is 7.64. The van der Waals surface area contributed by atoms with Gasteiger partial charge >= 0.3 is 5.97 Å². The third-order valence-corrected chi connectivity index (χ3v) is 11.5. The van der Waals surface area contributed by atoms with Crippen molar-refractivity contribution in [3.05, 3.63) is 0 Å². The molecule has 0 aromatic carbocycles. The highest BCUT2D eigenvalue weighted by molar-refractivity contribution is 5.71. The minimum absolute atomic E-state index is 0.398. The summed E-state index contributed by atoms with van der Waals surface area (Å²) in [6.07, 6.45) is 19.8. The van der Waals surface area contributed by atoms with E-state index in [4.69, 9.17) is 5.11 Å². The van der Waals surface area contributed by atoms with Crippen molar-refractivity contribution in [1.29, 1.82) is 0 Å². The monoisotopic (exact) mass is 446 g/mol. The lowest BCUT2D eigenvalue weighted by Crippen LogP contribution is -2.53. The molecule has 4 rings (SSSR count). The highest BCUT2D eigenvalue weighted by Crippen LogP contribution is 2.68. The molecule has 0 bridgehead atoms. The number of hydrogen-bond donors (Lipinski definition) is 2. The first kappa shape index (κ1) is 24.6. The maximum Gasteiger partial charge on any atom is 0.332 e. The molecule has 0 amide bonds. The molecule has 0 spiro atoms. The van der Waals surface area contributed by atoms with E-state index in [9.17, 15) is 9.90 Å². The Morgan fingerprint density at radius 3 is 2.31 bits per heavy atom. The normalized spacial score (nSPS) is 43.1. The van der Waals surface area contributed by atoms with Crippen molar-refractivity contribution < 1.29 is 15.0 Å². The van der Waals surface area contributed by atoms with Gasteiger partial charge in [0.1, 0.15) is 0 Å². The van der Waals surface area contributed by atoms with Crippen LogP contribution >= 0.6 is 0 Å². The van der Waals surface area contributed by atoms with Crippen LogP contribution in [0.5, 0.6) is 0 Å². The maximum absolute atomic E-state index is 10.7. The van der Waals surface area contributed by atoms with Gasteiger partial charge in [-0.1, -0.05) is 65.7 Å². The molecule has 4 aliphatic carbocycles. The number of aliphatic carboxylic acids is 1. The smallest absolute Gasteiger partial charge is 0.332 e. The Bertz CT molecular complexity index is 646. The van der Waals surface area contributed by atoms with Gasteiger partial charge in [0.15, 0.2) is 6.10 Å². The van der Waals surface area contributed by atoms with Crippen LogP contribution in [0, 0.1) is 46.3 Å². The number of unbranched alkanes of at least 4 members (excludes halogenated alkanes) is 3. The fourth-order valence-electron chi connectivity index (χ4n) is 9.75. The predicted octanol–water partition coefficient (Wildman–Crippen LogP) is 7.46. The molecule has 4 saturated carbocycles. The van der Waals surface area contributed by atoms with Crippen LogP contribution in [-0.2, 0) is 4.79 Å². The van der Waals surface area contributed by atoms with Crippen molar-refractivity contribution in [2.24, 2.45) is 46.3 Å². The van der Waals surface area contributed by atoms with Gasteiger partial charge in [0.25, 0.3) is 0 Å². The third kappa shape index (κ3) is 4.53. The van der Waals surface area contributed by atoms with Gasteiger partial charge in [0.2, 0.25) is 0 Å². The molecule has 0 aromatic heterocycles. The zero-order valence-electron chi connectivity index (χ0n) is 21.2. The van der Waals surface area contributed by atoms with Gasteiger partial charge in [-0.05, 0) is 104 Å². The van der Waals surface area contributed by atoms with E-state index in [0.717, 1.165) is 48.3 Å². The van der Waals surface area contributed by atoms with Gasteiger partial charge in [-0.3, -0.25) is 0 Å². The van der Waals surface area contributed by atoms with Crippen molar-refractivity contribution >= 4 is 5.97 Å². The number of aliphatic hydroxyl groups is 1. The van der Waals surface area contributed by atoms with E-state index in [1.165, 1.54) is 83.5 Å². The molecule has 0 aromatic rings. The molecule has 0 heterocycles. The minimum atomic E-state index is -1.18. The number of carbonyl (C=O) groups is 1. The Labute approximate surface area is 197 Å². The quantitative estimate of drug-likeness (QED) is 0.361. The van der Waals surface area contributed by atoms with Gasteiger partial charge in [-0.2, -0.15) is 0 Å². The van der Waals surface area contributed by atoms with Crippen LogP contribution in [-0.4, -0.2) is 22.3 Å². The lowest BCUT2D eigenvalue weighted by molar-refractivity contribution is -0.146. The van der Waals surface area contributed by atoms with Crippen LogP contribution in [0.1, 0.15) is 124 Å². The van der Waals surface area contributed by atoms with E-state index >= 15 is 0 Å². The van der Waals surface area contributed by atoms with Crippen molar-refractivity contribution in [1.82, 2.24) is 0 Å². The molecule has 4 fully saturated rings. The molecule has 3 nitrogen and oxygen atoms in total. The zero-order chi connectivity index (χ0) is 22.9. The van der Waals surface area contributed by atoms with Crippen molar-refractivity contribution in [2.75, 3.05) is 0 Å². The molecule has 2 unspecified atom stereocenters. The van der Waals surface area contributed by atoms with Gasteiger partial charge in [-0.15, -0.1) is 0 Å². The number of aliphatic hydroxyl groups excluding tert-OH is 1. The first-order chi connectivity index (χ1) is 15.3. The number of fused-ring (bicyclic) bond motifs is 5. The van der Waals surface area contributed by atoms with E-state index in [0.29, 0.717) is 17.3 Å². The molecule has 32 heavy (non-hydrogen) atoms. The summed E-state index contributed by atoms with van der Waals surface area (Å²) in [4.78, 5) is 10.7. The summed E-state index contributed by atoms with van der Waals surface area (Å²) < 4.78 is 0. The molecule has 4 aliphatic rings. The van der Waals surface area contributed by atoms with Crippen LogP contribution in [0.2, 0.25) is 0 Å². The molecule has 0 radical (unpaired) electrons.